The summed E-state index contributed by atoms with van der Waals surface area (Å²) in [6.07, 6.45) is 3.65. The largest absolute Gasteiger partial charge is 0.330 e. The molecule has 0 aromatic heterocycles. The first-order valence-electron chi connectivity index (χ1n) is 5.20. The smallest absolute Gasteiger partial charge is 0.00641 e. The highest BCUT2D eigenvalue weighted by Gasteiger charge is 2.07. The molecule has 1 atom stereocenters. The van der Waals surface area contributed by atoms with Crippen LogP contribution in [-0.4, -0.2) is 30.6 Å². The van der Waals surface area contributed by atoms with E-state index in [1.54, 1.807) is 0 Å². The van der Waals surface area contributed by atoms with Crippen LogP contribution in [0.2, 0.25) is 0 Å². The molecule has 0 aliphatic heterocycles. The lowest BCUT2D eigenvalue weighted by Crippen LogP contribution is -2.33. The Labute approximate surface area is 77.1 Å². The van der Waals surface area contributed by atoms with Gasteiger partial charge in [0.05, 0.1) is 0 Å². The Balaban J connectivity index is 3.52. The average molecular weight is 172 g/mol. The van der Waals surface area contributed by atoms with E-state index < -0.39 is 0 Å². The van der Waals surface area contributed by atoms with E-state index in [1.807, 2.05) is 0 Å². The maximum atomic E-state index is 5.45. The SMILES string of the molecule is CCC(C)N(CC)CCCCN. The summed E-state index contributed by atoms with van der Waals surface area (Å²) in [6.45, 7) is 9.98. The number of nitrogens with two attached hydrogens (primary N) is 1. The van der Waals surface area contributed by atoms with Gasteiger partial charge >= 0.3 is 0 Å². The van der Waals surface area contributed by atoms with Gasteiger partial charge in [0.25, 0.3) is 0 Å². The molecule has 0 radical (unpaired) electrons. The molecule has 74 valence electrons. The summed E-state index contributed by atoms with van der Waals surface area (Å²) < 4.78 is 0. The summed E-state index contributed by atoms with van der Waals surface area (Å²) in [4.78, 5) is 2.52. The molecule has 0 aliphatic carbocycles. The number of hydrogen-bond acceptors (Lipinski definition) is 2. The van der Waals surface area contributed by atoms with Crippen LogP contribution in [-0.2, 0) is 0 Å². The lowest BCUT2D eigenvalue weighted by Gasteiger charge is -2.26. The van der Waals surface area contributed by atoms with E-state index in [-0.39, 0.29) is 0 Å². The van der Waals surface area contributed by atoms with Gasteiger partial charge in [-0.05, 0) is 45.8 Å². The Bertz CT molecular complexity index is 93.8. The van der Waals surface area contributed by atoms with Crippen LogP contribution in [0.5, 0.6) is 0 Å². The monoisotopic (exact) mass is 172 g/mol. The molecular formula is C10H24N2. The third-order valence-corrected chi connectivity index (χ3v) is 2.52. The van der Waals surface area contributed by atoms with Crippen LogP contribution in [0.4, 0.5) is 0 Å². The summed E-state index contributed by atoms with van der Waals surface area (Å²) in [7, 11) is 0. The molecule has 0 spiro atoms. The zero-order valence-corrected chi connectivity index (χ0v) is 8.84. The zero-order chi connectivity index (χ0) is 9.40. The third-order valence-electron chi connectivity index (χ3n) is 2.52. The summed E-state index contributed by atoms with van der Waals surface area (Å²) >= 11 is 0. The van der Waals surface area contributed by atoms with E-state index in [0.29, 0.717) is 0 Å². The van der Waals surface area contributed by atoms with Gasteiger partial charge in [0.1, 0.15) is 0 Å². The summed E-state index contributed by atoms with van der Waals surface area (Å²) in [5.74, 6) is 0. The van der Waals surface area contributed by atoms with Crippen molar-refractivity contribution >= 4 is 0 Å². The van der Waals surface area contributed by atoms with Crippen molar-refractivity contribution in [3.63, 3.8) is 0 Å². The quantitative estimate of drug-likeness (QED) is 0.594. The van der Waals surface area contributed by atoms with Crippen molar-refractivity contribution in [2.45, 2.75) is 46.1 Å². The predicted molar refractivity (Wildman–Crippen MR) is 55.3 cm³/mol. The standard InChI is InChI=1S/C10H24N2/c1-4-10(3)12(5-2)9-7-6-8-11/h10H,4-9,11H2,1-3H3. The number of hydrogen-bond donors (Lipinski definition) is 1. The molecule has 12 heavy (non-hydrogen) atoms. The predicted octanol–water partition coefficient (Wildman–Crippen LogP) is 1.85. The van der Waals surface area contributed by atoms with E-state index >= 15 is 0 Å². The fourth-order valence-electron chi connectivity index (χ4n) is 1.41. The molecule has 2 N–H and O–H groups in total. The average Bonchev–Trinajstić information content (AvgIpc) is 2.11. The lowest BCUT2D eigenvalue weighted by atomic mass is 10.2. The molecule has 0 fully saturated rings. The molecule has 2 heteroatoms. The number of unbranched alkanes of at least 4 members (excludes halogenated alkanes) is 1. The molecule has 0 rings (SSSR count). The fourth-order valence-corrected chi connectivity index (χ4v) is 1.41. The highest BCUT2D eigenvalue weighted by atomic mass is 15.1. The molecule has 0 bridgehead atoms. The molecule has 0 saturated heterocycles. The van der Waals surface area contributed by atoms with Gasteiger partial charge in [-0.3, -0.25) is 0 Å². The Kier molecular flexibility index (Phi) is 7.51. The van der Waals surface area contributed by atoms with E-state index in [0.717, 1.165) is 19.0 Å². The van der Waals surface area contributed by atoms with Gasteiger partial charge in [-0.25, -0.2) is 0 Å². The van der Waals surface area contributed by atoms with Crippen molar-refractivity contribution in [2.75, 3.05) is 19.6 Å². The van der Waals surface area contributed by atoms with Gasteiger partial charge in [-0.15, -0.1) is 0 Å². The Hall–Kier alpha value is -0.0800. The van der Waals surface area contributed by atoms with Gasteiger partial charge < -0.3 is 10.6 Å². The second-order valence-corrected chi connectivity index (χ2v) is 3.38. The fraction of sp³-hybridized carbons (Fsp3) is 1.00. The van der Waals surface area contributed by atoms with Crippen molar-refractivity contribution in [1.82, 2.24) is 4.90 Å². The van der Waals surface area contributed by atoms with Crippen LogP contribution < -0.4 is 5.73 Å². The molecule has 0 aromatic rings. The Morgan fingerprint density at radius 1 is 1.25 bits per heavy atom. The molecule has 1 unspecified atom stereocenters. The van der Waals surface area contributed by atoms with Gasteiger partial charge in [0.15, 0.2) is 0 Å². The van der Waals surface area contributed by atoms with Crippen molar-refractivity contribution in [1.29, 1.82) is 0 Å². The van der Waals surface area contributed by atoms with E-state index in [9.17, 15) is 0 Å². The topological polar surface area (TPSA) is 29.3 Å². The van der Waals surface area contributed by atoms with Crippen molar-refractivity contribution in [2.24, 2.45) is 5.73 Å². The van der Waals surface area contributed by atoms with Crippen molar-refractivity contribution in [3.8, 4) is 0 Å². The zero-order valence-electron chi connectivity index (χ0n) is 8.84. The van der Waals surface area contributed by atoms with E-state index in [4.69, 9.17) is 5.73 Å². The van der Waals surface area contributed by atoms with E-state index in [2.05, 4.69) is 25.7 Å². The minimum atomic E-state index is 0.729. The first kappa shape index (κ1) is 11.9. The summed E-state index contributed by atoms with van der Waals surface area (Å²) in [6, 6.07) is 0.729. The first-order chi connectivity index (χ1) is 5.76. The third kappa shape index (κ3) is 4.73. The summed E-state index contributed by atoms with van der Waals surface area (Å²) in [5, 5.41) is 0. The van der Waals surface area contributed by atoms with Crippen LogP contribution in [0, 0.1) is 0 Å². The maximum Gasteiger partial charge on any atom is 0.00641 e. The molecule has 0 heterocycles. The molecular weight excluding hydrogens is 148 g/mol. The van der Waals surface area contributed by atoms with Crippen LogP contribution >= 0.6 is 0 Å². The Morgan fingerprint density at radius 3 is 2.33 bits per heavy atom. The van der Waals surface area contributed by atoms with Crippen LogP contribution in [0.15, 0.2) is 0 Å². The van der Waals surface area contributed by atoms with Gasteiger partial charge in [0.2, 0.25) is 0 Å². The molecule has 0 saturated carbocycles. The van der Waals surface area contributed by atoms with Crippen LogP contribution in [0.25, 0.3) is 0 Å². The van der Waals surface area contributed by atoms with Gasteiger partial charge in [-0.1, -0.05) is 13.8 Å². The minimum Gasteiger partial charge on any atom is -0.330 e. The highest BCUT2D eigenvalue weighted by Crippen LogP contribution is 2.04. The molecule has 0 aromatic carbocycles. The van der Waals surface area contributed by atoms with Gasteiger partial charge in [-0.2, -0.15) is 0 Å². The van der Waals surface area contributed by atoms with Gasteiger partial charge in [0, 0.05) is 6.04 Å². The molecule has 2 nitrogen and oxygen atoms in total. The number of rotatable bonds is 7. The normalized spacial score (nSPS) is 13.8. The molecule has 0 amide bonds. The molecule has 0 aliphatic rings. The summed E-state index contributed by atoms with van der Waals surface area (Å²) in [5.41, 5.74) is 5.45. The van der Waals surface area contributed by atoms with Crippen molar-refractivity contribution in [3.05, 3.63) is 0 Å². The lowest BCUT2D eigenvalue weighted by molar-refractivity contribution is 0.211. The second-order valence-electron chi connectivity index (χ2n) is 3.38. The minimum absolute atomic E-state index is 0.729. The van der Waals surface area contributed by atoms with Crippen LogP contribution in [0.1, 0.15) is 40.0 Å². The van der Waals surface area contributed by atoms with E-state index in [1.165, 1.54) is 25.9 Å². The van der Waals surface area contributed by atoms with Crippen LogP contribution in [0.3, 0.4) is 0 Å². The number of nitrogens with zero attached hydrogens (tertiary/aromatic N) is 1. The maximum absolute atomic E-state index is 5.45. The first-order valence-corrected chi connectivity index (χ1v) is 5.20. The highest BCUT2D eigenvalue weighted by molar-refractivity contribution is 4.63. The van der Waals surface area contributed by atoms with Crippen molar-refractivity contribution < 1.29 is 0 Å². The second kappa shape index (κ2) is 7.56. The Morgan fingerprint density at radius 2 is 1.92 bits per heavy atom.